The van der Waals surface area contributed by atoms with Gasteiger partial charge in [0.1, 0.15) is 5.82 Å². The molecule has 0 aliphatic rings. The van der Waals surface area contributed by atoms with Crippen LogP contribution in [0.15, 0.2) is 0 Å². The van der Waals surface area contributed by atoms with Gasteiger partial charge in [0.05, 0.1) is 11.4 Å². The molecule has 114 valence electrons. The zero-order valence-corrected chi connectivity index (χ0v) is 13.2. The second kappa shape index (κ2) is 6.63. The highest BCUT2D eigenvalue weighted by Crippen LogP contribution is 2.22. The molecule has 0 saturated heterocycles. The maximum atomic E-state index is 11.7. The van der Waals surface area contributed by atoms with Crippen molar-refractivity contribution in [1.82, 2.24) is 15.1 Å². The van der Waals surface area contributed by atoms with E-state index in [1.807, 2.05) is 27.8 Å². The van der Waals surface area contributed by atoms with E-state index < -0.39 is 0 Å². The summed E-state index contributed by atoms with van der Waals surface area (Å²) in [5.74, 6) is 0.816. The molecule has 20 heavy (non-hydrogen) atoms. The largest absolute Gasteiger partial charge is 0.394 e. The molecule has 0 aromatic carbocycles. The Morgan fingerprint density at radius 2 is 2.05 bits per heavy atom. The van der Waals surface area contributed by atoms with Gasteiger partial charge < -0.3 is 16.4 Å². The van der Waals surface area contributed by atoms with Crippen LogP contribution in [0.2, 0.25) is 0 Å². The van der Waals surface area contributed by atoms with Crippen molar-refractivity contribution in [3.05, 3.63) is 5.69 Å². The van der Waals surface area contributed by atoms with Gasteiger partial charge in [-0.1, -0.05) is 13.3 Å². The summed E-state index contributed by atoms with van der Waals surface area (Å²) in [4.78, 5) is 11.7. The summed E-state index contributed by atoms with van der Waals surface area (Å²) < 4.78 is 1.74. The smallest absolute Gasteiger partial charge is 0.222 e. The van der Waals surface area contributed by atoms with Gasteiger partial charge in [-0.15, -0.1) is 0 Å². The lowest BCUT2D eigenvalue weighted by Gasteiger charge is -2.20. The molecule has 0 unspecified atom stereocenters. The van der Waals surface area contributed by atoms with Crippen molar-refractivity contribution in [2.75, 3.05) is 17.6 Å². The monoisotopic (exact) mass is 281 g/mol. The predicted molar refractivity (Wildman–Crippen MR) is 82.6 cm³/mol. The van der Waals surface area contributed by atoms with E-state index in [0.717, 1.165) is 24.4 Å². The molecule has 1 heterocycles. The molecule has 1 rings (SSSR count). The van der Waals surface area contributed by atoms with Crippen LogP contribution in [0.3, 0.4) is 0 Å². The van der Waals surface area contributed by atoms with Gasteiger partial charge in [-0.25, -0.2) is 0 Å². The van der Waals surface area contributed by atoms with E-state index in [9.17, 15) is 4.79 Å². The van der Waals surface area contributed by atoms with Gasteiger partial charge in [0.25, 0.3) is 0 Å². The van der Waals surface area contributed by atoms with Crippen molar-refractivity contribution in [2.45, 2.75) is 52.5 Å². The number of anilines is 2. The summed E-state index contributed by atoms with van der Waals surface area (Å²) in [5.41, 5.74) is 7.46. The van der Waals surface area contributed by atoms with E-state index in [1.54, 1.807) is 4.68 Å². The molecule has 0 atom stereocenters. The summed E-state index contributed by atoms with van der Waals surface area (Å²) in [5, 5.41) is 10.5. The highest BCUT2D eigenvalue weighted by Gasteiger charge is 2.15. The van der Waals surface area contributed by atoms with Crippen LogP contribution in [0.5, 0.6) is 0 Å². The molecule has 4 N–H and O–H groups in total. The molecule has 1 aromatic rings. The van der Waals surface area contributed by atoms with Gasteiger partial charge in [0.2, 0.25) is 5.91 Å². The van der Waals surface area contributed by atoms with Gasteiger partial charge in [-0.05, 0) is 27.2 Å². The fraction of sp³-hybridized carbons (Fsp3) is 0.714. The SMILES string of the molecule is CCCc1nn(C)c(NCCC(=O)NC(C)(C)C)c1N. The van der Waals surface area contributed by atoms with Crippen LogP contribution in [0.4, 0.5) is 11.5 Å². The molecule has 0 aliphatic carbocycles. The number of amides is 1. The first-order chi connectivity index (χ1) is 9.24. The van der Waals surface area contributed by atoms with Crippen LogP contribution in [0.25, 0.3) is 0 Å². The first kappa shape index (κ1) is 16.3. The molecule has 0 radical (unpaired) electrons. The summed E-state index contributed by atoms with van der Waals surface area (Å²) in [6, 6.07) is 0. The number of nitrogens with zero attached hydrogens (tertiary/aromatic N) is 2. The third kappa shape index (κ3) is 4.75. The Balaban J connectivity index is 2.52. The molecule has 0 bridgehead atoms. The highest BCUT2D eigenvalue weighted by molar-refractivity contribution is 5.77. The van der Waals surface area contributed by atoms with E-state index in [0.29, 0.717) is 18.7 Å². The number of carbonyl (C=O) groups excluding carboxylic acids is 1. The number of aromatic nitrogens is 2. The number of nitrogens with two attached hydrogens (primary N) is 1. The Bertz CT molecular complexity index is 459. The molecule has 0 saturated carbocycles. The standard InChI is InChI=1S/C14H27N5O/c1-6-7-10-12(15)13(19(5)18-10)16-9-8-11(20)17-14(2,3)4/h16H,6-9,15H2,1-5H3,(H,17,20). The second-order valence-electron chi connectivity index (χ2n) is 6.06. The van der Waals surface area contributed by atoms with E-state index in [4.69, 9.17) is 5.73 Å². The molecular formula is C14H27N5O. The van der Waals surface area contributed by atoms with Crippen molar-refractivity contribution >= 4 is 17.4 Å². The number of carbonyl (C=O) groups is 1. The van der Waals surface area contributed by atoms with Crippen LogP contribution in [-0.2, 0) is 18.3 Å². The highest BCUT2D eigenvalue weighted by atomic mass is 16.1. The maximum Gasteiger partial charge on any atom is 0.222 e. The van der Waals surface area contributed by atoms with Gasteiger partial charge in [-0.2, -0.15) is 5.10 Å². The van der Waals surface area contributed by atoms with E-state index in [-0.39, 0.29) is 11.4 Å². The number of rotatable bonds is 6. The van der Waals surface area contributed by atoms with Crippen LogP contribution in [0, 0.1) is 0 Å². The zero-order valence-electron chi connectivity index (χ0n) is 13.2. The van der Waals surface area contributed by atoms with Crippen molar-refractivity contribution in [2.24, 2.45) is 7.05 Å². The third-order valence-electron chi connectivity index (χ3n) is 2.81. The topological polar surface area (TPSA) is 85.0 Å². The van der Waals surface area contributed by atoms with E-state index >= 15 is 0 Å². The van der Waals surface area contributed by atoms with Gasteiger partial charge >= 0.3 is 0 Å². The van der Waals surface area contributed by atoms with Crippen molar-refractivity contribution < 1.29 is 4.79 Å². The lowest BCUT2D eigenvalue weighted by molar-refractivity contribution is -0.122. The molecule has 0 fully saturated rings. The van der Waals surface area contributed by atoms with E-state index in [2.05, 4.69) is 22.7 Å². The number of nitrogen functional groups attached to an aromatic ring is 1. The summed E-state index contributed by atoms with van der Waals surface area (Å²) >= 11 is 0. The lowest BCUT2D eigenvalue weighted by atomic mass is 10.1. The zero-order chi connectivity index (χ0) is 15.3. The first-order valence-electron chi connectivity index (χ1n) is 7.10. The molecule has 1 amide bonds. The lowest BCUT2D eigenvalue weighted by Crippen LogP contribution is -2.41. The Labute approximate surface area is 121 Å². The third-order valence-corrected chi connectivity index (χ3v) is 2.81. The first-order valence-corrected chi connectivity index (χ1v) is 7.10. The molecule has 1 aromatic heterocycles. The average Bonchev–Trinajstić information content (AvgIpc) is 2.55. The number of aryl methyl sites for hydroxylation is 2. The summed E-state index contributed by atoms with van der Waals surface area (Å²) in [6.45, 7) is 8.53. The Morgan fingerprint density at radius 3 is 2.60 bits per heavy atom. The van der Waals surface area contributed by atoms with Crippen molar-refractivity contribution in [3.8, 4) is 0 Å². The van der Waals surface area contributed by atoms with Crippen LogP contribution in [-0.4, -0.2) is 27.8 Å². The van der Waals surface area contributed by atoms with Gasteiger partial charge in [0, 0.05) is 25.6 Å². The minimum Gasteiger partial charge on any atom is -0.394 e. The minimum atomic E-state index is -0.197. The summed E-state index contributed by atoms with van der Waals surface area (Å²) in [6.07, 6.45) is 2.28. The second-order valence-corrected chi connectivity index (χ2v) is 6.06. The Hall–Kier alpha value is -1.72. The predicted octanol–water partition coefficient (Wildman–Crippen LogP) is 1.67. The molecule has 6 nitrogen and oxygen atoms in total. The fourth-order valence-electron chi connectivity index (χ4n) is 2.00. The van der Waals surface area contributed by atoms with Crippen LogP contribution in [0.1, 0.15) is 46.2 Å². The Kier molecular flexibility index (Phi) is 5.42. The summed E-state index contributed by atoms with van der Waals surface area (Å²) in [7, 11) is 1.85. The maximum absolute atomic E-state index is 11.7. The van der Waals surface area contributed by atoms with Crippen molar-refractivity contribution in [1.29, 1.82) is 0 Å². The number of nitrogens with one attached hydrogen (secondary N) is 2. The van der Waals surface area contributed by atoms with Gasteiger partial charge in [0.15, 0.2) is 0 Å². The van der Waals surface area contributed by atoms with E-state index in [1.165, 1.54) is 0 Å². The fourth-order valence-corrected chi connectivity index (χ4v) is 2.00. The van der Waals surface area contributed by atoms with Crippen LogP contribution >= 0.6 is 0 Å². The molecule has 0 spiro atoms. The average molecular weight is 281 g/mol. The minimum absolute atomic E-state index is 0.0273. The van der Waals surface area contributed by atoms with Crippen LogP contribution < -0.4 is 16.4 Å². The number of hydrogen-bond donors (Lipinski definition) is 3. The molecule has 0 aliphatic heterocycles. The normalized spacial score (nSPS) is 11.4. The number of hydrogen-bond acceptors (Lipinski definition) is 4. The molecule has 6 heteroatoms. The van der Waals surface area contributed by atoms with Gasteiger partial charge in [-0.3, -0.25) is 9.48 Å². The Morgan fingerprint density at radius 1 is 1.40 bits per heavy atom. The van der Waals surface area contributed by atoms with Crippen molar-refractivity contribution in [3.63, 3.8) is 0 Å². The molecular weight excluding hydrogens is 254 g/mol. The quantitative estimate of drug-likeness (QED) is 0.740.